The first-order chi connectivity index (χ1) is 9.74. The van der Waals surface area contributed by atoms with E-state index in [0.717, 1.165) is 10.0 Å². The van der Waals surface area contributed by atoms with Crippen LogP contribution in [0.15, 0.2) is 71.2 Å². The third-order valence-corrected chi connectivity index (χ3v) is 4.02. The van der Waals surface area contributed by atoms with Gasteiger partial charge in [-0.3, -0.25) is 0 Å². The molecule has 3 aromatic rings. The number of hydrogen-bond donors (Lipinski definition) is 1. The summed E-state index contributed by atoms with van der Waals surface area (Å²) in [5, 5.41) is 12.9. The predicted octanol–water partition coefficient (Wildman–Crippen LogP) is 4.88. The third-order valence-electron chi connectivity index (χ3n) is 3.53. The maximum Gasteiger partial charge on any atom is 0.0830 e. The van der Waals surface area contributed by atoms with E-state index in [0.29, 0.717) is 6.42 Å². The minimum atomic E-state index is -0.488. The fourth-order valence-corrected chi connectivity index (χ4v) is 2.93. The number of rotatable bonds is 3. The van der Waals surface area contributed by atoms with Gasteiger partial charge in [0.25, 0.3) is 0 Å². The Hall–Kier alpha value is -1.64. The van der Waals surface area contributed by atoms with Gasteiger partial charge in [-0.1, -0.05) is 70.5 Å². The zero-order valence-corrected chi connectivity index (χ0v) is 12.5. The highest BCUT2D eigenvalue weighted by Gasteiger charge is 2.10. The van der Waals surface area contributed by atoms with Crippen LogP contribution in [0, 0.1) is 0 Å². The number of fused-ring (bicyclic) bond motifs is 1. The molecule has 0 aliphatic rings. The van der Waals surface area contributed by atoms with E-state index in [1.807, 2.05) is 42.5 Å². The van der Waals surface area contributed by atoms with Crippen LogP contribution in [0.4, 0.5) is 0 Å². The molecule has 1 nitrogen and oxygen atoms in total. The SMILES string of the molecule is OC(Cc1cccc2ccccc12)c1cccc(Br)c1. The summed E-state index contributed by atoms with van der Waals surface area (Å²) in [7, 11) is 0. The van der Waals surface area contributed by atoms with E-state index in [9.17, 15) is 5.11 Å². The van der Waals surface area contributed by atoms with Gasteiger partial charge in [-0.25, -0.2) is 0 Å². The number of benzene rings is 3. The molecule has 0 saturated carbocycles. The van der Waals surface area contributed by atoms with E-state index in [2.05, 4.69) is 40.2 Å². The highest BCUT2D eigenvalue weighted by Crippen LogP contribution is 2.25. The second-order valence-corrected chi connectivity index (χ2v) is 5.83. The van der Waals surface area contributed by atoms with Gasteiger partial charge in [0.2, 0.25) is 0 Å². The maximum absolute atomic E-state index is 10.4. The minimum absolute atomic E-state index is 0.488. The Morgan fingerprint density at radius 1 is 0.900 bits per heavy atom. The maximum atomic E-state index is 10.4. The van der Waals surface area contributed by atoms with E-state index < -0.39 is 6.10 Å². The lowest BCUT2D eigenvalue weighted by Crippen LogP contribution is -2.02. The molecule has 1 unspecified atom stereocenters. The van der Waals surface area contributed by atoms with E-state index in [1.165, 1.54) is 16.3 Å². The smallest absolute Gasteiger partial charge is 0.0830 e. The average molecular weight is 327 g/mol. The third kappa shape index (κ3) is 2.77. The highest BCUT2D eigenvalue weighted by molar-refractivity contribution is 9.10. The molecule has 0 saturated heterocycles. The molecule has 100 valence electrons. The molecule has 0 aliphatic carbocycles. The molecule has 1 N–H and O–H groups in total. The molecule has 20 heavy (non-hydrogen) atoms. The van der Waals surface area contributed by atoms with Crippen LogP contribution in [-0.2, 0) is 6.42 Å². The van der Waals surface area contributed by atoms with Gasteiger partial charge in [0.15, 0.2) is 0 Å². The average Bonchev–Trinajstić information content (AvgIpc) is 2.47. The van der Waals surface area contributed by atoms with Crippen LogP contribution in [-0.4, -0.2) is 5.11 Å². The largest absolute Gasteiger partial charge is 0.388 e. The monoisotopic (exact) mass is 326 g/mol. The molecular formula is C18H15BrO. The van der Waals surface area contributed by atoms with Gasteiger partial charge in [0.05, 0.1) is 6.10 Å². The lowest BCUT2D eigenvalue weighted by molar-refractivity contribution is 0.179. The fraction of sp³-hybridized carbons (Fsp3) is 0.111. The predicted molar refractivity (Wildman–Crippen MR) is 86.8 cm³/mol. The Labute approximate surface area is 127 Å². The van der Waals surface area contributed by atoms with Gasteiger partial charge >= 0.3 is 0 Å². The normalized spacial score (nSPS) is 12.5. The molecule has 2 heteroatoms. The Morgan fingerprint density at radius 3 is 2.50 bits per heavy atom. The molecule has 0 fully saturated rings. The molecule has 0 bridgehead atoms. The zero-order valence-electron chi connectivity index (χ0n) is 11.0. The van der Waals surface area contributed by atoms with Crippen molar-refractivity contribution in [3.8, 4) is 0 Å². The molecule has 3 rings (SSSR count). The first-order valence-corrected chi connectivity index (χ1v) is 7.43. The molecule has 0 heterocycles. The van der Waals surface area contributed by atoms with E-state index >= 15 is 0 Å². The molecule has 0 aromatic heterocycles. The van der Waals surface area contributed by atoms with Gasteiger partial charge in [0, 0.05) is 10.9 Å². The number of halogens is 1. The van der Waals surface area contributed by atoms with Crippen LogP contribution in [0.1, 0.15) is 17.2 Å². The molecule has 1 atom stereocenters. The van der Waals surface area contributed by atoms with Crippen molar-refractivity contribution in [3.05, 3.63) is 82.3 Å². The summed E-state index contributed by atoms with van der Waals surface area (Å²) in [6.07, 6.45) is 0.135. The van der Waals surface area contributed by atoms with Crippen molar-refractivity contribution in [2.24, 2.45) is 0 Å². The standard InChI is InChI=1S/C18H15BrO/c19-16-9-4-8-15(11-16)18(20)12-14-7-3-6-13-5-1-2-10-17(13)14/h1-11,18,20H,12H2. The van der Waals surface area contributed by atoms with Gasteiger partial charge in [0.1, 0.15) is 0 Å². The van der Waals surface area contributed by atoms with Crippen LogP contribution in [0.2, 0.25) is 0 Å². The van der Waals surface area contributed by atoms with Gasteiger partial charge in [-0.15, -0.1) is 0 Å². The molecule has 0 aliphatic heterocycles. The minimum Gasteiger partial charge on any atom is -0.388 e. The Balaban J connectivity index is 1.93. The Bertz CT molecular complexity index is 731. The zero-order chi connectivity index (χ0) is 13.9. The van der Waals surface area contributed by atoms with Crippen LogP contribution in [0.5, 0.6) is 0 Å². The van der Waals surface area contributed by atoms with Crippen molar-refractivity contribution in [2.75, 3.05) is 0 Å². The second kappa shape index (κ2) is 5.78. The van der Waals surface area contributed by atoms with Gasteiger partial charge in [-0.2, -0.15) is 0 Å². The number of hydrogen-bond acceptors (Lipinski definition) is 1. The summed E-state index contributed by atoms with van der Waals surface area (Å²) in [5.74, 6) is 0. The van der Waals surface area contributed by atoms with Crippen LogP contribution in [0.25, 0.3) is 10.8 Å². The first-order valence-electron chi connectivity index (χ1n) is 6.64. The summed E-state index contributed by atoms with van der Waals surface area (Å²) in [4.78, 5) is 0. The molecule has 3 aromatic carbocycles. The molecule has 0 radical (unpaired) electrons. The highest BCUT2D eigenvalue weighted by atomic mass is 79.9. The summed E-state index contributed by atoms with van der Waals surface area (Å²) in [6, 6.07) is 22.4. The Morgan fingerprint density at radius 2 is 1.65 bits per heavy atom. The van der Waals surface area contributed by atoms with E-state index in [4.69, 9.17) is 0 Å². The first kappa shape index (κ1) is 13.3. The number of aliphatic hydroxyl groups excluding tert-OH is 1. The summed E-state index contributed by atoms with van der Waals surface area (Å²) < 4.78 is 0.993. The Kier molecular flexibility index (Phi) is 3.86. The lowest BCUT2D eigenvalue weighted by Gasteiger charge is -2.13. The van der Waals surface area contributed by atoms with Gasteiger partial charge < -0.3 is 5.11 Å². The number of aliphatic hydroxyl groups is 1. The van der Waals surface area contributed by atoms with Crippen LogP contribution in [0.3, 0.4) is 0 Å². The quantitative estimate of drug-likeness (QED) is 0.727. The topological polar surface area (TPSA) is 20.2 Å². The van der Waals surface area contributed by atoms with Crippen molar-refractivity contribution >= 4 is 26.7 Å². The fourth-order valence-electron chi connectivity index (χ4n) is 2.51. The molecule has 0 spiro atoms. The second-order valence-electron chi connectivity index (χ2n) is 4.91. The van der Waals surface area contributed by atoms with Crippen LogP contribution >= 0.6 is 15.9 Å². The summed E-state index contributed by atoms with van der Waals surface area (Å²) in [5.41, 5.74) is 2.11. The lowest BCUT2D eigenvalue weighted by atomic mass is 9.97. The van der Waals surface area contributed by atoms with Crippen molar-refractivity contribution < 1.29 is 5.11 Å². The molecule has 0 amide bonds. The van der Waals surface area contributed by atoms with E-state index in [1.54, 1.807) is 0 Å². The van der Waals surface area contributed by atoms with Gasteiger partial charge in [-0.05, 0) is 34.0 Å². The summed E-state index contributed by atoms with van der Waals surface area (Å²) >= 11 is 3.44. The van der Waals surface area contributed by atoms with Crippen molar-refractivity contribution in [3.63, 3.8) is 0 Å². The molecular weight excluding hydrogens is 312 g/mol. The van der Waals surface area contributed by atoms with Crippen molar-refractivity contribution in [2.45, 2.75) is 12.5 Å². The van der Waals surface area contributed by atoms with Crippen molar-refractivity contribution in [1.29, 1.82) is 0 Å². The van der Waals surface area contributed by atoms with E-state index in [-0.39, 0.29) is 0 Å². The van der Waals surface area contributed by atoms with Crippen LogP contribution < -0.4 is 0 Å². The summed E-state index contributed by atoms with van der Waals surface area (Å²) in [6.45, 7) is 0. The van der Waals surface area contributed by atoms with Crippen molar-refractivity contribution in [1.82, 2.24) is 0 Å².